The molecule has 1 heterocycles. The topological polar surface area (TPSA) is 63.4 Å². The summed E-state index contributed by atoms with van der Waals surface area (Å²) >= 11 is 0. The maximum atomic E-state index is 12.9. The monoisotopic (exact) mass is 386 g/mol. The van der Waals surface area contributed by atoms with E-state index in [0.717, 1.165) is 18.6 Å². The first-order valence-electron chi connectivity index (χ1n) is 7.50. The van der Waals surface area contributed by atoms with Gasteiger partial charge >= 0.3 is 6.18 Å². The number of nitrogens with zero attached hydrogens (tertiary/aromatic N) is 1. The second-order valence-electron chi connectivity index (χ2n) is 6.02. The van der Waals surface area contributed by atoms with Gasteiger partial charge in [0.2, 0.25) is 10.0 Å². The average molecular weight is 387 g/mol. The van der Waals surface area contributed by atoms with Crippen LogP contribution in [0.5, 0.6) is 0 Å². The molecule has 2 N–H and O–H groups in total. The molecule has 9 heteroatoms. The smallest absolute Gasteiger partial charge is 0.326 e. The van der Waals surface area contributed by atoms with Crippen molar-refractivity contribution >= 4 is 22.4 Å². The van der Waals surface area contributed by atoms with E-state index in [1.54, 1.807) is 6.92 Å². The fourth-order valence-electron chi connectivity index (χ4n) is 2.94. The summed E-state index contributed by atoms with van der Waals surface area (Å²) in [4.78, 5) is -0.292. The summed E-state index contributed by atoms with van der Waals surface area (Å²) in [7, 11) is -4.02. The van der Waals surface area contributed by atoms with E-state index in [2.05, 4.69) is 0 Å². The molecule has 0 spiro atoms. The van der Waals surface area contributed by atoms with Crippen molar-refractivity contribution in [1.82, 2.24) is 4.31 Å². The minimum Gasteiger partial charge on any atom is -0.326 e. The third-order valence-electron chi connectivity index (χ3n) is 4.21. The zero-order valence-corrected chi connectivity index (χ0v) is 15.1. The SMILES string of the molecule is Cc1ccc(C(F)(F)F)cc1S(=O)(=O)N1CCCCC1C(C)N.Cl. The lowest BCUT2D eigenvalue weighted by Gasteiger charge is -2.37. The zero-order chi connectivity index (χ0) is 17.4. The lowest BCUT2D eigenvalue weighted by atomic mass is 10.00. The molecule has 2 unspecified atom stereocenters. The molecule has 138 valence electrons. The van der Waals surface area contributed by atoms with Gasteiger partial charge in [0.1, 0.15) is 0 Å². The number of hydrogen-bond acceptors (Lipinski definition) is 3. The Kier molecular flexibility index (Phi) is 6.71. The van der Waals surface area contributed by atoms with Crippen molar-refractivity contribution in [2.45, 2.75) is 56.3 Å². The van der Waals surface area contributed by atoms with Gasteiger partial charge in [0.25, 0.3) is 0 Å². The molecule has 2 rings (SSSR count). The van der Waals surface area contributed by atoms with E-state index in [9.17, 15) is 21.6 Å². The van der Waals surface area contributed by atoms with E-state index >= 15 is 0 Å². The van der Waals surface area contributed by atoms with Crippen molar-refractivity contribution in [1.29, 1.82) is 0 Å². The normalized spacial score (nSPS) is 21.2. The van der Waals surface area contributed by atoms with Gasteiger partial charge in [-0.05, 0) is 44.4 Å². The Morgan fingerprint density at radius 2 is 1.92 bits per heavy atom. The molecule has 1 aromatic rings. The summed E-state index contributed by atoms with van der Waals surface area (Å²) in [5.41, 5.74) is 5.22. The fraction of sp³-hybridized carbons (Fsp3) is 0.600. The molecule has 4 nitrogen and oxygen atoms in total. The molecule has 1 aromatic carbocycles. The first-order valence-corrected chi connectivity index (χ1v) is 8.94. The first kappa shape index (κ1) is 21.2. The van der Waals surface area contributed by atoms with Crippen LogP contribution in [0.15, 0.2) is 23.1 Å². The summed E-state index contributed by atoms with van der Waals surface area (Å²) in [5, 5.41) is 0. The standard InChI is InChI=1S/C15H21F3N2O2S.ClH/c1-10-6-7-12(15(16,17)18)9-14(10)23(21,22)20-8-4-3-5-13(20)11(2)19;/h6-7,9,11,13H,3-5,8,19H2,1-2H3;1H. The van der Waals surface area contributed by atoms with Crippen LogP contribution in [0.1, 0.15) is 37.3 Å². The molecule has 0 aliphatic carbocycles. The van der Waals surface area contributed by atoms with Crippen molar-refractivity contribution in [3.8, 4) is 0 Å². The van der Waals surface area contributed by atoms with Crippen LogP contribution in [0.3, 0.4) is 0 Å². The Morgan fingerprint density at radius 3 is 2.46 bits per heavy atom. The van der Waals surface area contributed by atoms with E-state index in [0.29, 0.717) is 18.4 Å². The fourth-order valence-corrected chi connectivity index (χ4v) is 4.96. The summed E-state index contributed by atoms with van der Waals surface area (Å²) in [6.45, 7) is 3.50. The van der Waals surface area contributed by atoms with Crippen molar-refractivity contribution in [2.75, 3.05) is 6.54 Å². The van der Waals surface area contributed by atoms with E-state index in [1.807, 2.05) is 0 Å². The van der Waals surface area contributed by atoms with Crippen molar-refractivity contribution in [2.24, 2.45) is 5.73 Å². The van der Waals surface area contributed by atoms with Crippen LogP contribution in [-0.2, 0) is 16.2 Å². The van der Waals surface area contributed by atoms with Gasteiger partial charge in [-0.3, -0.25) is 0 Å². The Bertz CT molecular complexity index is 678. The van der Waals surface area contributed by atoms with E-state index in [-0.39, 0.29) is 35.9 Å². The number of hydrogen-bond donors (Lipinski definition) is 1. The highest BCUT2D eigenvalue weighted by Gasteiger charge is 2.38. The molecule has 24 heavy (non-hydrogen) atoms. The molecule has 1 fully saturated rings. The molecule has 1 saturated heterocycles. The highest BCUT2D eigenvalue weighted by atomic mass is 35.5. The molecular weight excluding hydrogens is 365 g/mol. The Balaban J connectivity index is 0.00000288. The van der Waals surface area contributed by atoms with Crippen LogP contribution in [0, 0.1) is 6.92 Å². The number of halogens is 4. The molecule has 0 bridgehead atoms. The van der Waals surface area contributed by atoms with E-state index in [4.69, 9.17) is 5.73 Å². The maximum absolute atomic E-state index is 12.9. The van der Waals surface area contributed by atoms with Crippen LogP contribution in [0.4, 0.5) is 13.2 Å². The lowest BCUT2D eigenvalue weighted by molar-refractivity contribution is -0.137. The predicted molar refractivity (Wildman–Crippen MR) is 88.6 cm³/mol. The van der Waals surface area contributed by atoms with Gasteiger partial charge in [0.15, 0.2) is 0 Å². The maximum Gasteiger partial charge on any atom is 0.416 e. The summed E-state index contributed by atoms with van der Waals surface area (Å²) < 4.78 is 65.8. The van der Waals surface area contributed by atoms with E-state index in [1.165, 1.54) is 17.3 Å². The van der Waals surface area contributed by atoms with Gasteiger partial charge in [-0.1, -0.05) is 12.5 Å². The Labute approximate surface area is 146 Å². The predicted octanol–water partition coefficient (Wildman–Crippen LogP) is 3.33. The van der Waals surface area contributed by atoms with Gasteiger partial charge in [-0.25, -0.2) is 8.42 Å². The average Bonchev–Trinajstić information content (AvgIpc) is 2.46. The number of benzene rings is 1. The number of alkyl halides is 3. The molecular formula is C15H22ClF3N2O2S. The van der Waals surface area contributed by atoms with Crippen LogP contribution in [0.25, 0.3) is 0 Å². The van der Waals surface area contributed by atoms with Crippen molar-refractivity contribution in [3.63, 3.8) is 0 Å². The highest BCUT2D eigenvalue weighted by Crippen LogP contribution is 2.34. The zero-order valence-electron chi connectivity index (χ0n) is 13.5. The number of sulfonamides is 1. The summed E-state index contributed by atoms with van der Waals surface area (Å²) in [6.07, 6.45) is -2.42. The Hall–Kier alpha value is -0.830. The van der Waals surface area contributed by atoms with Gasteiger partial charge in [-0.15, -0.1) is 12.4 Å². The van der Waals surface area contributed by atoms with Gasteiger partial charge in [0.05, 0.1) is 10.5 Å². The third-order valence-corrected chi connectivity index (χ3v) is 6.27. The molecule has 0 radical (unpaired) electrons. The summed E-state index contributed by atoms with van der Waals surface area (Å²) in [5.74, 6) is 0. The number of nitrogens with two attached hydrogens (primary N) is 1. The van der Waals surface area contributed by atoms with Gasteiger partial charge in [0, 0.05) is 18.6 Å². The van der Waals surface area contributed by atoms with Crippen molar-refractivity contribution < 1.29 is 21.6 Å². The lowest BCUT2D eigenvalue weighted by Crippen LogP contribution is -2.51. The quantitative estimate of drug-likeness (QED) is 0.866. The van der Waals surface area contributed by atoms with Crippen LogP contribution < -0.4 is 5.73 Å². The highest BCUT2D eigenvalue weighted by molar-refractivity contribution is 7.89. The molecule has 2 atom stereocenters. The number of aryl methyl sites for hydroxylation is 1. The number of rotatable bonds is 3. The van der Waals surface area contributed by atoms with Gasteiger partial charge in [-0.2, -0.15) is 17.5 Å². The second kappa shape index (κ2) is 7.59. The summed E-state index contributed by atoms with van der Waals surface area (Å²) in [6, 6.07) is 2.05. The van der Waals surface area contributed by atoms with Crippen LogP contribution in [0.2, 0.25) is 0 Å². The molecule has 0 amide bonds. The molecule has 1 aliphatic rings. The minimum absolute atomic E-state index is 0. The number of piperidine rings is 1. The first-order chi connectivity index (χ1) is 10.5. The van der Waals surface area contributed by atoms with Crippen molar-refractivity contribution in [3.05, 3.63) is 29.3 Å². The largest absolute Gasteiger partial charge is 0.416 e. The Morgan fingerprint density at radius 1 is 1.29 bits per heavy atom. The van der Waals surface area contributed by atoms with Crippen LogP contribution in [-0.4, -0.2) is 31.4 Å². The van der Waals surface area contributed by atoms with Gasteiger partial charge < -0.3 is 5.73 Å². The van der Waals surface area contributed by atoms with Crippen LogP contribution >= 0.6 is 12.4 Å². The molecule has 1 aliphatic heterocycles. The second-order valence-corrected chi connectivity index (χ2v) is 7.88. The minimum atomic E-state index is -4.58. The molecule has 0 saturated carbocycles. The molecule has 0 aromatic heterocycles. The van der Waals surface area contributed by atoms with E-state index < -0.39 is 21.8 Å². The third kappa shape index (κ3) is 4.22.